The first-order valence-electron chi connectivity index (χ1n) is 8.54. The van der Waals surface area contributed by atoms with Gasteiger partial charge in [0.2, 0.25) is 0 Å². The maximum absolute atomic E-state index is 13.7. The smallest absolute Gasteiger partial charge is 0.272 e. The molecule has 4 nitrogen and oxygen atoms in total. The van der Waals surface area contributed by atoms with Crippen LogP contribution in [-0.4, -0.2) is 22.3 Å². The zero-order chi connectivity index (χ0) is 17.9. The number of hydrogen-bond acceptors (Lipinski definition) is 3. The first-order valence-corrected chi connectivity index (χ1v) is 8.54. The van der Waals surface area contributed by atoms with Gasteiger partial charge in [-0.15, -0.1) is 0 Å². The van der Waals surface area contributed by atoms with Gasteiger partial charge in [0.25, 0.3) is 5.91 Å². The van der Waals surface area contributed by atoms with E-state index in [1.54, 1.807) is 36.5 Å². The molecule has 1 N–H and O–H groups in total. The summed E-state index contributed by atoms with van der Waals surface area (Å²) in [6.07, 6.45) is 2.41. The summed E-state index contributed by atoms with van der Waals surface area (Å²) < 4.78 is 13.7. The highest BCUT2D eigenvalue weighted by Gasteiger charge is 2.22. The molecule has 4 rings (SSSR count). The number of benzene rings is 2. The molecule has 2 heterocycles. The molecule has 26 heavy (non-hydrogen) atoms. The van der Waals surface area contributed by atoms with Crippen molar-refractivity contribution in [3.63, 3.8) is 0 Å². The monoisotopic (exact) mass is 347 g/mol. The number of fused-ring (bicyclic) bond motifs is 1. The van der Waals surface area contributed by atoms with Gasteiger partial charge in [-0.25, -0.2) is 9.37 Å². The molecule has 0 fully saturated rings. The van der Waals surface area contributed by atoms with Gasteiger partial charge >= 0.3 is 0 Å². The number of anilines is 2. The van der Waals surface area contributed by atoms with E-state index in [9.17, 15) is 9.18 Å². The van der Waals surface area contributed by atoms with Crippen molar-refractivity contribution in [1.82, 2.24) is 9.88 Å². The average molecular weight is 347 g/mol. The third kappa shape index (κ3) is 3.28. The lowest BCUT2D eigenvalue weighted by Gasteiger charge is -2.28. The molecule has 0 spiro atoms. The lowest BCUT2D eigenvalue weighted by atomic mass is 10.00. The second-order valence-electron chi connectivity index (χ2n) is 6.28. The van der Waals surface area contributed by atoms with Crippen LogP contribution in [0.3, 0.4) is 0 Å². The van der Waals surface area contributed by atoms with E-state index < -0.39 is 0 Å². The molecular formula is C21H18FN3O. The highest BCUT2D eigenvalue weighted by atomic mass is 19.1. The highest BCUT2D eigenvalue weighted by Crippen LogP contribution is 2.21. The van der Waals surface area contributed by atoms with Crippen molar-refractivity contribution in [3.05, 3.63) is 89.5 Å². The fourth-order valence-corrected chi connectivity index (χ4v) is 3.14. The van der Waals surface area contributed by atoms with Crippen molar-refractivity contribution >= 4 is 17.3 Å². The van der Waals surface area contributed by atoms with E-state index in [0.717, 1.165) is 6.42 Å². The zero-order valence-electron chi connectivity index (χ0n) is 14.2. The van der Waals surface area contributed by atoms with E-state index in [-0.39, 0.29) is 11.7 Å². The summed E-state index contributed by atoms with van der Waals surface area (Å²) in [4.78, 5) is 18.8. The van der Waals surface area contributed by atoms with E-state index in [0.29, 0.717) is 30.2 Å². The Labute approximate surface area is 151 Å². The lowest BCUT2D eigenvalue weighted by molar-refractivity contribution is 0.0729. The molecule has 3 aromatic rings. The van der Waals surface area contributed by atoms with Gasteiger partial charge in [-0.1, -0.05) is 36.4 Å². The summed E-state index contributed by atoms with van der Waals surface area (Å²) in [6.45, 7) is 1.29. The number of nitrogens with zero attached hydrogens (tertiary/aromatic N) is 2. The van der Waals surface area contributed by atoms with Gasteiger partial charge in [-0.3, -0.25) is 4.79 Å². The normalized spacial score (nSPS) is 13.2. The van der Waals surface area contributed by atoms with Crippen molar-refractivity contribution in [3.8, 4) is 0 Å². The standard InChI is InChI=1S/C21H18FN3O/c22-18-7-3-4-8-19(18)24-17-9-10-20(23-13-17)21(26)25-12-11-15-5-1-2-6-16(15)14-25/h1-10,13,24H,11-12,14H2. The second-order valence-corrected chi connectivity index (χ2v) is 6.28. The van der Waals surface area contributed by atoms with Crippen molar-refractivity contribution in [2.75, 3.05) is 11.9 Å². The van der Waals surface area contributed by atoms with Gasteiger partial charge < -0.3 is 10.2 Å². The first-order chi connectivity index (χ1) is 12.7. The van der Waals surface area contributed by atoms with Crippen molar-refractivity contribution in [2.24, 2.45) is 0 Å². The molecule has 0 radical (unpaired) electrons. The van der Waals surface area contributed by atoms with E-state index in [2.05, 4.69) is 22.4 Å². The predicted octanol–water partition coefficient (Wildman–Crippen LogP) is 4.16. The molecule has 1 amide bonds. The number of carbonyl (C=O) groups is 1. The number of aromatic nitrogens is 1. The average Bonchev–Trinajstić information content (AvgIpc) is 2.69. The summed E-state index contributed by atoms with van der Waals surface area (Å²) in [5, 5.41) is 2.97. The van der Waals surface area contributed by atoms with Gasteiger partial charge in [0.05, 0.1) is 17.6 Å². The van der Waals surface area contributed by atoms with Crippen LogP contribution in [-0.2, 0) is 13.0 Å². The van der Waals surface area contributed by atoms with Crippen molar-refractivity contribution in [2.45, 2.75) is 13.0 Å². The molecule has 1 aliphatic rings. The summed E-state index contributed by atoms with van der Waals surface area (Å²) >= 11 is 0. The van der Waals surface area contributed by atoms with E-state index in [4.69, 9.17) is 0 Å². The number of halogens is 1. The van der Waals surface area contributed by atoms with Crippen LogP contribution in [0.15, 0.2) is 66.9 Å². The number of nitrogens with one attached hydrogen (secondary N) is 1. The second kappa shape index (κ2) is 6.96. The lowest BCUT2D eigenvalue weighted by Crippen LogP contribution is -2.36. The first kappa shape index (κ1) is 16.3. The Kier molecular flexibility index (Phi) is 4.35. The molecule has 130 valence electrons. The van der Waals surface area contributed by atoms with Gasteiger partial charge in [-0.2, -0.15) is 0 Å². The van der Waals surface area contributed by atoms with Crippen LogP contribution in [0.1, 0.15) is 21.6 Å². The van der Waals surface area contributed by atoms with Crippen molar-refractivity contribution in [1.29, 1.82) is 0 Å². The Morgan fingerprint density at radius 3 is 2.54 bits per heavy atom. The quantitative estimate of drug-likeness (QED) is 0.774. The fourth-order valence-electron chi connectivity index (χ4n) is 3.14. The molecule has 0 atom stereocenters. The summed E-state index contributed by atoms with van der Waals surface area (Å²) in [5.41, 5.74) is 3.89. The number of pyridine rings is 1. The molecule has 0 unspecified atom stereocenters. The number of carbonyl (C=O) groups excluding carboxylic acids is 1. The summed E-state index contributed by atoms with van der Waals surface area (Å²) in [7, 11) is 0. The number of amides is 1. The van der Waals surface area contributed by atoms with Crippen LogP contribution in [0.4, 0.5) is 15.8 Å². The van der Waals surface area contributed by atoms with Gasteiger partial charge in [0, 0.05) is 13.1 Å². The topological polar surface area (TPSA) is 45.2 Å². The maximum atomic E-state index is 13.7. The maximum Gasteiger partial charge on any atom is 0.272 e. The van der Waals surface area contributed by atoms with Gasteiger partial charge in [-0.05, 0) is 41.8 Å². The molecule has 2 aromatic carbocycles. The number of hydrogen-bond donors (Lipinski definition) is 1. The Balaban J connectivity index is 1.47. The Hall–Kier alpha value is -3.21. The van der Waals surface area contributed by atoms with E-state index in [1.165, 1.54) is 17.2 Å². The molecule has 0 saturated heterocycles. The highest BCUT2D eigenvalue weighted by molar-refractivity contribution is 5.92. The van der Waals surface area contributed by atoms with Crippen molar-refractivity contribution < 1.29 is 9.18 Å². The minimum atomic E-state index is -0.334. The number of para-hydroxylation sites is 1. The van der Waals surface area contributed by atoms with E-state index >= 15 is 0 Å². The van der Waals surface area contributed by atoms with Crippen LogP contribution in [0.5, 0.6) is 0 Å². The van der Waals surface area contributed by atoms with Crippen LogP contribution in [0.2, 0.25) is 0 Å². The molecule has 0 aliphatic carbocycles. The third-order valence-corrected chi connectivity index (χ3v) is 4.55. The Morgan fingerprint density at radius 2 is 1.77 bits per heavy atom. The molecule has 1 aromatic heterocycles. The summed E-state index contributed by atoms with van der Waals surface area (Å²) in [6, 6.07) is 18.0. The SMILES string of the molecule is O=C(c1ccc(Nc2ccccc2F)cn1)N1CCc2ccccc2C1. The molecule has 1 aliphatic heterocycles. The van der Waals surface area contributed by atoms with Crippen LogP contribution < -0.4 is 5.32 Å². The number of rotatable bonds is 3. The third-order valence-electron chi connectivity index (χ3n) is 4.55. The molecule has 5 heteroatoms. The van der Waals surface area contributed by atoms with Gasteiger partial charge in [0.1, 0.15) is 11.5 Å². The predicted molar refractivity (Wildman–Crippen MR) is 98.8 cm³/mol. The van der Waals surface area contributed by atoms with Gasteiger partial charge in [0.15, 0.2) is 0 Å². The fraction of sp³-hybridized carbons (Fsp3) is 0.143. The largest absolute Gasteiger partial charge is 0.352 e. The minimum absolute atomic E-state index is 0.0862. The van der Waals surface area contributed by atoms with E-state index in [1.807, 2.05) is 17.0 Å². The zero-order valence-corrected chi connectivity index (χ0v) is 14.2. The molecule has 0 bridgehead atoms. The Bertz CT molecular complexity index is 940. The minimum Gasteiger partial charge on any atom is -0.352 e. The summed E-state index contributed by atoms with van der Waals surface area (Å²) in [5.74, 6) is -0.420. The van der Waals surface area contributed by atoms with Crippen LogP contribution >= 0.6 is 0 Å². The molecule has 0 saturated carbocycles. The Morgan fingerprint density at radius 1 is 1.00 bits per heavy atom. The molecular weight excluding hydrogens is 329 g/mol. The van der Waals surface area contributed by atoms with Crippen LogP contribution in [0, 0.1) is 5.82 Å². The van der Waals surface area contributed by atoms with Crippen LogP contribution in [0.25, 0.3) is 0 Å².